The van der Waals surface area contributed by atoms with Gasteiger partial charge in [-0.1, -0.05) is 147 Å². The van der Waals surface area contributed by atoms with Crippen molar-refractivity contribution in [2.75, 3.05) is 0 Å². The van der Waals surface area contributed by atoms with Crippen LogP contribution >= 0.6 is 0 Å². The molecule has 0 nitrogen and oxygen atoms in total. The van der Waals surface area contributed by atoms with Crippen molar-refractivity contribution in [1.29, 1.82) is 0 Å². The highest BCUT2D eigenvalue weighted by atomic mass is 14.4. The molecule has 0 aromatic heterocycles. The Hall–Kier alpha value is -5.20. The third-order valence-corrected chi connectivity index (χ3v) is 10.1. The lowest BCUT2D eigenvalue weighted by atomic mass is 9.68. The van der Waals surface area contributed by atoms with Crippen LogP contribution < -0.4 is 0 Å². The molecule has 0 N–H and O–H groups in total. The van der Waals surface area contributed by atoms with E-state index in [1.807, 2.05) is 0 Å². The first-order valence-electron chi connectivity index (χ1n) is 15.6. The topological polar surface area (TPSA) is 0 Å². The van der Waals surface area contributed by atoms with Gasteiger partial charge in [0.1, 0.15) is 0 Å². The fourth-order valence-corrected chi connectivity index (χ4v) is 7.79. The molecule has 0 saturated carbocycles. The van der Waals surface area contributed by atoms with Gasteiger partial charge < -0.3 is 0 Å². The SMILES string of the molecule is CC1(C)c2ccc(-c3ccc4c(ccc5ccccc54)c3)cc2Cc2cc(-c3ccc4c(ccc5ccccc54)c3)ccc21. The highest BCUT2D eigenvalue weighted by Gasteiger charge is 2.32. The van der Waals surface area contributed by atoms with Crippen molar-refractivity contribution in [2.45, 2.75) is 25.7 Å². The molecule has 0 bridgehead atoms. The van der Waals surface area contributed by atoms with E-state index in [1.54, 1.807) is 0 Å². The largest absolute Gasteiger partial charge is 0.0616 e. The van der Waals surface area contributed by atoms with Crippen LogP contribution in [0.2, 0.25) is 0 Å². The normalized spacial score (nSPS) is 13.8. The van der Waals surface area contributed by atoms with Crippen LogP contribution in [-0.4, -0.2) is 0 Å². The zero-order chi connectivity index (χ0) is 29.4. The van der Waals surface area contributed by atoms with Gasteiger partial charge in [-0.15, -0.1) is 0 Å². The number of hydrogen-bond acceptors (Lipinski definition) is 0. The fourth-order valence-electron chi connectivity index (χ4n) is 7.79. The molecule has 0 fully saturated rings. The quantitative estimate of drug-likeness (QED) is 0.184. The second kappa shape index (κ2) is 9.40. The Morgan fingerprint density at radius 3 is 1.25 bits per heavy atom. The minimum Gasteiger partial charge on any atom is -0.0616 e. The Bertz CT molecular complexity index is 2270. The maximum absolute atomic E-state index is 2.44. The molecule has 1 aliphatic carbocycles. The van der Waals surface area contributed by atoms with Crippen molar-refractivity contribution in [3.05, 3.63) is 168 Å². The van der Waals surface area contributed by atoms with E-state index in [0.717, 1.165) is 6.42 Å². The average molecular weight is 561 g/mol. The first-order valence-corrected chi connectivity index (χ1v) is 15.6. The molecule has 9 rings (SSSR count). The summed E-state index contributed by atoms with van der Waals surface area (Å²) in [4.78, 5) is 0. The Labute approximate surface area is 258 Å². The summed E-state index contributed by atoms with van der Waals surface area (Å²) in [6.07, 6.45) is 0.951. The van der Waals surface area contributed by atoms with Crippen molar-refractivity contribution >= 4 is 43.1 Å². The molecule has 0 spiro atoms. The summed E-state index contributed by atoms with van der Waals surface area (Å²) in [7, 11) is 0. The molecule has 1 aliphatic rings. The minimum atomic E-state index is -0.0510. The highest BCUT2D eigenvalue weighted by Crippen LogP contribution is 2.44. The van der Waals surface area contributed by atoms with Gasteiger partial charge in [0.2, 0.25) is 0 Å². The summed E-state index contributed by atoms with van der Waals surface area (Å²) < 4.78 is 0. The lowest BCUT2D eigenvalue weighted by Crippen LogP contribution is -2.27. The molecule has 0 heteroatoms. The summed E-state index contributed by atoms with van der Waals surface area (Å²) in [5.74, 6) is 0. The number of fused-ring (bicyclic) bond motifs is 8. The Kier molecular flexibility index (Phi) is 5.41. The van der Waals surface area contributed by atoms with Crippen LogP contribution in [0.1, 0.15) is 36.1 Å². The van der Waals surface area contributed by atoms with E-state index in [4.69, 9.17) is 0 Å². The molecule has 0 saturated heterocycles. The predicted molar refractivity (Wildman–Crippen MR) is 189 cm³/mol. The fraction of sp³-hybridized carbons (Fsp3) is 0.0909. The minimum absolute atomic E-state index is 0.0510. The third kappa shape index (κ3) is 3.84. The van der Waals surface area contributed by atoms with E-state index in [2.05, 4.69) is 159 Å². The van der Waals surface area contributed by atoms with E-state index in [9.17, 15) is 0 Å². The zero-order valence-electron chi connectivity index (χ0n) is 25.1. The van der Waals surface area contributed by atoms with Crippen molar-refractivity contribution in [1.82, 2.24) is 0 Å². The van der Waals surface area contributed by atoms with Crippen molar-refractivity contribution < 1.29 is 0 Å². The number of benzene rings is 8. The lowest BCUT2D eigenvalue weighted by molar-refractivity contribution is 0.611. The van der Waals surface area contributed by atoms with E-state index < -0.39 is 0 Å². The second-order valence-electron chi connectivity index (χ2n) is 13.0. The standard InChI is InChI=1S/C44H32/c1-44(2)42-21-17-32(30-15-19-40-34(23-30)13-11-28-7-3-5-9-38(28)40)25-36(42)27-37-26-33(18-22-43(37)44)31-16-20-41-35(24-31)14-12-29-8-4-6-10-39(29)41/h3-26H,27H2,1-2H3. The smallest absolute Gasteiger partial charge is 0.0152 e. The molecule has 0 unspecified atom stereocenters. The van der Waals surface area contributed by atoms with Crippen LogP contribution in [0.3, 0.4) is 0 Å². The average Bonchev–Trinajstić information content (AvgIpc) is 3.07. The van der Waals surface area contributed by atoms with Gasteiger partial charge in [-0.05, 0) is 106 Å². The summed E-state index contributed by atoms with van der Waals surface area (Å²) in [5, 5.41) is 10.4. The van der Waals surface area contributed by atoms with Gasteiger partial charge in [0, 0.05) is 5.41 Å². The first kappa shape index (κ1) is 25.3. The molecule has 44 heavy (non-hydrogen) atoms. The van der Waals surface area contributed by atoms with Gasteiger partial charge in [0.15, 0.2) is 0 Å². The lowest BCUT2D eigenvalue weighted by Gasteiger charge is -2.36. The number of rotatable bonds is 2. The maximum atomic E-state index is 2.44. The van der Waals surface area contributed by atoms with Crippen molar-refractivity contribution in [3.63, 3.8) is 0 Å². The molecule has 0 aliphatic heterocycles. The molecule has 0 radical (unpaired) electrons. The molecular weight excluding hydrogens is 528 g/mol. The Morgan fingerprint density at radius 1 is 0.364 bits per heavy atom. The summed E-state index contributed by atoms with van der Waals surface area (Å²) >= 11 is 0. The van der Waals surface area contributed by atoms with Gasteiger partial charge >= 0.3 is 0 Å². The predicted octanol–water partition coefficient (Wildman–Crippen LogP) is 11.9. The third-order valence-electron chi connectivity index (χ3n) is 10.1. The second-order valence-corrected chi connectivity index (χ2v) is 13.0. The number of hydrogen-bond donors (Lipinski definition) is 0. The summed E-state index contributed by atoms with van der Waals surface area (Å²) in [6.45, 7) is 4.76. The van der Waals surface area contributed by atoms with Crippen LogP contribution in [0.25, 0.3) is 65.3 Å². The van der Waals surface area contributed by atoms with Gasteiger partial charge in [0.25, 0.3) is 0 Å². The van der Waals surface area contributed by atoms with E-state index in [0.29, 0.717) is 0 Å². The molecule has 0 heterocycles. The molecule has 0 amide bonds. The van der Waals surface area contributed by atoms with E-state index in [-0.39, 0.29) is 5.41 Å². The monoisotopic (exact) mass is 560 g/mol. The van der Waals surface area contributed by atoms with Crippen LogP contribution in [0.4, 0.5) is 0 Å². The van der Waals surface area contributed by atoms with Gasteiger partial charge in [-0.3, -0.25) is 0 Å². The summed E-state index contributed by atoms with van der Waals surface area (Å²) in [5.41, 5.74) is 10.8. The van der Waals surface area contributed by atoms with E-state index in [1.165, 1.54) is 87.6 Å². The maximum Gasteiger partial charge on any atom is 0.0152 e. The van der Waals surface area contributed by atoms with Crippen LogP contribution in [0, 0.1) is 0 Å². The Morgan fingerprint density at radius 2 is 0.750 bits per heavy atom. The molecule has 8 aromatic rings. The molecular formula is C44H32. The molecule has 0 atom stereocenters. The molecule has 8 aromatic carbocycles. The van der Waals surface area contributed by atoms with Crippen molar-refractivity contribution in [3.8, 4) is 22.3 Å². The summed E-state index contributed by atoms with van der Waals surface area (Å²) in [6, 6.07) is 54.5. The van der Waals surface area contributed by atoms with Crippen LogP contribution in [0.5, 0.6) is 0 Å². The van der Waals surface area contributed by atoms with Gasteiger partial charge in [-0.2, -0.15) is 0 Å². The van der Waals surface area contributed by atoms with Gasteiger partial charge in [0.05, 0.1) is 0 Å². The molecule has 208 valence electrons. The first-order chi connectivity index (χ1) is 21.5. The van der Waals surface area contributed by atoms with Crippen LogP contribution in [-0.2, 0) is 11.8 Å². The van der Waals surface area contributed by atoms with E-state index >= 15 is 0 Å². The van der Waals surface area contributed by atoms with Crippen LogP contribution in [0.15, 0.2) is 146 Å². The van der Waals surface area contributed by atoms with Crippen molar-refractivity contribution in [2.24, 2.45) is 0 Å². The van der Waals surface area contributed by atoms with Gasteiger partial charge in [-0.25, -0.2) is 0 Å². The zero-order valence-corrected chi connectivity index (χ0v) is 25.1. The highest BCUT2D eigenvalue weighted by molar-refractivity contribution is 6.09. The Balaban J connectivity index is 1.10.